The molecule has 0 aromatic rings. The van der Waals surface area contributed by atoms with Gasteiger partial charge >= 0.3 is 0 Å². The second-order valence-corrected chi connectivity index (χ2v) is 5.63. The Morgan fingerprint density at radius 3 is 2.73 bits per heavy atom. The number of hydrogen-bond donors (Lipinski definition) is 1. The monoisotopic (exact) mass is 210 g/mol. The van der Waals surface area contributed by atoms with Gasteiger partial charge in [0.05, 0.1) is 0 Å². The van der Waals surface area contributed by atoms with E-state index in [9.17, 15) is 0 Å². The summed E-state index contributed by atoms with van der Waals surface area (Å²) in [6.07, 6.45) is 5.80. The van der Waals surface area contributed by atoms with Crippen LogP contribution in [0, 0.1) is 11.8 Å². The summed E-state index contributed by atoms with van der Waals surface area (Å²) in [5.74, 6) is 1.74. The Morgan fingerprint density at radius 1 is 1.13 bits per heavy atom. The molecule has 2 rings (SSSR count). The van der Waals surface area contributed by atoms with Crippen LogP contribution in [0.25, 0.3) is 0 Å². The van der Waals surface area contributed by atoms with Crippen LogP contribution >= 0.6 is 0 Å². The van der Waals surface area contributed by atoms with Crippen LogP contribution in [0.1, 0.15) is 39.5 Å². The first-order valence-electron chi connectivity index (χ1n) is 6.72. The fourth-order valence-corrected chi connectivity index (χ4v) is 3.27. The quantitative estimate of drug-likeness (QED) is 0.713. The van der Waals surface area contributed by atoms with E-state index < -0.39 is 0 Å². The van der Waals surface area contributed by atoms with Crippen LogP contribution < -0.4 is 5.32 Å². The molecule has 1 heterocycles. The van der Waals surface area contributed by atoms with E-state index in [-0.39, 0.29) is 0 Å². The molecular weight excluding hydrogens is 184 g/mol. The molecule has 15 heavy (non-hydrogen) atoms. The van der Waals surface area contributed by atoms with Crippen molar-refractivity contribution in [1.82, 2.24) is 10.2 Å². The normalized spacial score (nSPS) is 40.0. The van der Waals surface area contributed by atoms with E-state index in [1.807, 2.05) is 0 Å². The van der Waals surface area contributed by atoms with Gasteiger partial charge in [0.15, 0.2) is 0 Å². The Balaban J connectivity index is 1.94. The van der Waals surface area contributed by atoms with E-state index >= 15 is 0 Å². The molecule has 2 aliphatic rings. The zero-order valence-corrected chi connectivity index (χ0v) is 10.3. The molecule has 0 aromatic carbocycles. The van der Waals surface area contributed by atoms with E-state index in [4.69, 9.17) is 0 Å². The molecule has 1 saturated heterocycles. The Morgan fingerprint density at radius 2 is 1.93 bits per heavy atom. The molecule has 0 amide bonds. The third kappa shape index (κ3) is 2.94. The fourth-order valence-electron chi connectivity index (χ4n) is 3.27. The molecular formula is C13H26N2. The minimum absolute atomic E-state index is 0.821. The number of nitrogens with one attached hydrogen (secondary N) is 1. The highest BCUT2D eigenvalue weighted by molar-refractivity contribution is 4.84. The zero-order chi connectivity index (χ0) is 10.7. The van der Waals surface area contributed by atoms with E-state index in [1.54, 1.807) is 0 Å². The highest BCUT2D eigenvalue weighted by atomic mass is 15.2. The standard InChI is InChI=1S/C13H26N2/c1-11-9-14-7-8-15(10-11)13-6-4-3-5-12(13)2/h11-14H,3-10H2,1-2H3. The van der Waals surface area contributed by atoms with Crippen molar-refractivity contribution in [2.24, 2.45) is 11.8 Å². The maximum atomic E-state index is 3.54. The van der Waals surface area contributed by atoms with Gasteiger partial charge in [-0.3, -0.25) is 4.90 Å². The number of rotatable bonds is 1. The van der Waals surface area contributed by atoms with Gasteiger partial charge in [-0.2, -0.15) is 0 Å². The lowest BCUT2D eigenvalue weighted by Gasteiger charge is -2.38. The molecule has 0 radical (unpaired) electrons. The van der Waals surface area contributed by atoms with Gasteiger partial charge in [-0.25, -0.2) is 0 Å². The summed E-state index contributed by atoms with van der Waals surface area (Å²) in [6.45, 7) is 9.79. The largest absolute Gasteiger partial charge is 0.315 e. The maximum absolute atomic E-state index is 3.54. The van der Waals surface area contributed by atoms with E-state index in [2.05, 4.69) is 24.1 Å². The van der Waals surface area contributed by atoms with Gasteiger partial charge in [-0.1, -0.05) is 26.7 Å². The van der Waals surface area contributed by atoms with Crippen LogP contribution in [-0.2, 0) is 0 Å². The molecule has 1 N–H and O–H groups in total. The highest BCUT2D eigenvalue weighted by Gasteiger charge is 2.28. The summed E-state index contributed by atoms with van der Waals surface area (Å²) >= 11 is 0. The van der Waals surface area contributed by atoms with Crippen LogP contribution in [0.5, 0.6) is 0 Å². The number of nitrogens with zero attached hydrogens (tertiary/aromatic N) is 1. The lowest BCUT2D eigenvalue weighted by molar-refractivity contribution is 0.108. The first kappa shape index (κ1) is 11.4. The lowest BCUT2D eigenvalue weighted by atomic mass is 9.84. The first-order valence-corrected chi connectivity index (χ1v) is 6.72. The molecule has 2 fully saturated rings. The molecule has 0 bridgehead atoms. The zero-order valence-electron chi connectivity index (χ0n) is 10.3. The van der Waals surface area contributed by atoms with Gasteiger partial charge in [-0.05, 0) is 31.2 Å². The van der Waals surface area contributed by atoms with E-state index in [0.29, 0.717) is 0 Å². The predicted octanol–water partition coefficient (Wildman–Crippen LogP) is 2.11. The SMILES string of the molecule is CC1CNCCN(C2CCCCC2C)C1. The molecule has 88 valence electrons. The summed E-state index contributed by atoms with van der Waals surface area (Å²) in [4.78, 5) is 2.76. The molecule has 1 aliphatic carbocycles. The van der Waals surface area contributed by atoms with Crippen molar-refractivity contribution in [2.45, 2.75) is 45.6 Å². The number of hydrogen-bond acceptors (Lipinski definition) is 2. The molecule has 1 saturated carbocycles. The molecule has 2 heteroatoms. The predicted molar refractivity (Wildman–Crippen MR) is 65.0 cm³/mol. The second-order valence-electron chi connectivity index (χ2n) is 5.63. The summed E-state index contributed by atoms with van der Waals surface area (Å²) in [7, 11) is 0. The van der Waals surface area contributed by atoms with E-state index in [0.717, 1.165) is 17.9 Å². The van der Waals surface area contributed by atoms with Crippen molar-refractivity contribution >= 4 is 0 Å². The minimum atomic E-state index is 0.821. The van der Waals surface area contributed by atoms with Crippen LogP contribution in [0.4, 0.5) is 0 Å². The smallest absolute Gasteiger partial charge is 0.0121 e. The molecule has 3 unspecified atom stereocenters. The van der Waals surface area contributed by atoms with Gasteiger partial charge in [0.1, 0.15) is 0 Å². The van der Waals surface area contributed by atoms with Crippen LogP contribution in [-0.4, -0.2) is 37.1 Å². The summed E-state index contributed by atoms with van der Waals surface area (Å²) < 4.78 is 0. The van der Waals surface area contributed by atoms with Crippen molar-refractivity contribution < 1.29 is 0 Å². The van der Waals surface area contributed by atoms with Gasteiger partial charge in [0.25, 0.3) is 0 Å². The lowest BCUT2D eigenvalue weighted by Crippen LogP contribution is -2.44. The van der Waals surface area contributed by atoms with Crippen molar-refractivity contribution in [1.29, 1.82) is 0 Å². The van der Waals surface area contributed by atoms with Crippen LogP contribution in [0.3, 0.4) is 0 Å². The highest BCUT2D eigenvalue weighted by Crippen LogP contribution is 2.28. The first-order chi connectivity index (χ1) is 7.27. The Kier molecular flexibility index (Phi) is 4.04. The van der Waals surface area contributed by atoms with Crippen molar-refractivity contribution in [2.75, 3.05) is 26.2 Å². The Labute approximate surface area is 94.4 Å². The molecule has 1 aliphatic heterocycles. The van der Waals surface area contributed by atoms with Crippen molar-refractivity contribution in [3.63, 3.8) is 0 Å². The van der Waals surface area contributed by atoms with Crippen molar-refractivity contribution in [3.05, 3.63) is 0 Å². The third-order valence-corrected chi connectivity index (χ3v) is 4.15. The van der Waals surface area contributed by atoms with E-state index in [1.165, 1.54) is 51.9 Å². The summed E-state index contributed by atoms with van der Waals surface area (Å²) in [6, 6.07) is 0.876. The molecule has 2 nitrogen and oxygen atoms in total. The summed E-state index contributed by atoms with van der Waals surface area (Å²) in [5.41, 5.74) is 0. The third-order valence-electron chi connectivity index (χ3n) is 4.15. The Hall–Kier alpha value is -0.0800. The van der Waals surface area contributed by atoms with Crippen LogP contribution in [0.15, 0.2) is 0 Å². The maximum Gasteiger partial charge on any atom is 0.0121 e. The van der Waals surface area contributed by atoms with Crippen molar-refractivity contribution in [3.8, 4) is 0 Å². The Bertz CT molecular complexity index is 193. The van der Waals surface area contributed by atoms with Gasteiger partial charge in [0.2, 0.25) is 0 Å². The van der Waals surface area contributed by atoms with Gasteiger partial charge < -0.3 is 5.32 Å². The minimum Gasteiger partial charge on any atom is -0.315 e. The average molecular weight is 210 g/mol. The molecule has 0 aromatic heterocycles. The molecule has 3 atom stereocenters. The van der Waals surface area contributed by atoms with Crippen LogP contribution in [0.2, 0.25) is 0 Å². The molecule has 0 spiro atoms. The average Bonchev–Trinajstić information content (AvgIpc) is 2.43. The topological polar surface area (TPSA) is 15.3 Å². The van der Waals surface area contributed by atoms with Gasteiger partial charge in [0, 0.05) is 25.7 Å². The fraction of sp³-hybridized carbons (Fsp3) is 1.00. The van der Waals surface area contributed by atoms with Gasteiger partial charge in [-0.15, -0.1) is 0 Å². The second kappa shape index (κ2) is 5.31. The summed E-state index contributed by atoms with van der Waals surface area (Å²) in [5, 5.41) is 3.54.